The van der Waals surface area contributed by atoms with Gasteiger partial charge in [0.25, 0.3) is 0 Å². The van der Waals surface area contributed by atoms with Crippen molar-refractivity contribution >= 4 is 17.5 Å². The Morgan fingerprint density at radius 3 is 2.73 bits per heavy atom. The van der Waals surface area contributed by atoms with Crippen LogP contribution >= 0.6 is 11.6 Å². The van der Waals surface area contributed by atoms with E-state index in [1.165, 1.54) is 0 Å². The van der Waals surface area contributed by atoms with Crippen LogP contribution in [0.2, 0.25) is 5.02 Å². The summed E-state index contributed by atoms with van der Waals surface area (Å²) in [5.74, 6) is 1.33. The zero-order valence-electron chi connectivity index (χ0n) is 14.9. The number of halogens is 1. The van der Waals surface area contributed by atoms with Crippen LogP contribution in [0.4, 0.5) is 0 Å². The number of morpholine rings is 1. The molecule has 3 rings (SSSR count). The van der Waals surface area contributed by atoms with Gasteiger partial charge in [-0.1, -0.05) is 29.8 Å². The predicted octanol–water partition coefficient (Wildman–Crippen LogP) is 3.50. The van der Waals surface area contributed by atoms with Crippen molar-refractivity contribution in [2.75, 3.05) is 33.9 Å². The third-order valence-electron chi connectivity index (χ3n) is 4.44. The van der Waals surface area contributed by atoms with Gasteiger partial charge in [-0.25, -0.2) is 0 Å². The number of carbonyl (C=O) groups is 1. The Hall–Kier alpha value is -2.24. The maximum atomic E-state index is 12.7. The van der Waals surface area contributed by atoms with Gasteiger partial charge in [-0.15, -0.1) is 0 Å². The quantitative estimate of drug-likeness (QED) is 0.802. The van der Waals surface area contributed by atoms with Gasteiger partial charge in [0.05, 0.1) is 33.8 Å². The molecule has 1 unspecified atom stereocenters. The fraction of sp³-hybridized carbons (Fsp3) is 0.350. The Morgan fingerprint density at radius 2 is 2.00 bits per heavy atom. The van der Waals surface area contributed by atoms with Gasteiger partial charge < -0.3 is 19.1 Å². The van der Waals surface area contributed by atoms with Crippen molar-refractivity contribution < 1.29 is 19.0 Å². The van der Waals surface area contributed by atoms with E-state index < -0.39 is 0 Å². The summed E-state index contributed by atoms with van der Waals surface area (Å²) >= 11 is 6.07. The van der Waals surface area contributed by atoms with Gasteiger partial charge in [-0.2, -0.15) is 0 Å². The molecule has 1 heterocycles. The molecule has 1 amide bonds. The minimum Gasteiger partial charge on any atom is -0.493 e. The first kappa shape index (κ1) is 18.5. The van der Waals surface area contributed by atoms with Crippen LogP contribution in [0.25, 0.3) is 0 Å². The first-order valence-corrected chi connectivity index (χ1v) is 8.84. The van der Waals surface area contributed by atoms with Crippen molar-refractivity contribution in [1.29, 1.82) is 0 Å². The van der Waals surface area contributed by atoms with Crippen molar-refractivity contribution in [1.82, 2.24) is 4.90 Å². The maximum Gasteiger partial charge on any atom is 0.227 e. The summed E-state index contributed by atoms with van der Waals surface area (Å²) in [5.41, 5.74) is 1.87. The van der Waals surface area contributed by atoms with Crippen molar-refractivity contribution in [2.24, 2.45) is 0 Å². The molecule has 6 heteroatoms. The van der Waals surface area contributed by atoms with Gasteiger partial charge in [0.1, 0.15) is 6.10 Å². The van der Waals surface area contributed by atoms with Gasteiger partial charge in [-0.3, -0.25) is 4.79 Å². The zero-order valence-corrected chi connectivity index (χ0v) is 15.7. The molecule has 2 aromatic carbocycles. The first-order valence-electron chi connectivity index (χ1n) is 8.46. The summed E-state index contributed by atoms with van der Waals surface area (Å²) in [6.45, 7) is 1.62. The van der Waals surface area contributed by atoms with E-state index in [1.807, 2.05) is 47.4 Å². The third kappa shape index (κ3) is 4.29. The molecule has 0 bridgehead atoms. The van der Waals surface area contributed by atoms with E-state index in [1.54, 1.807) is 14.2 Å². The van der Waals surface area contributed by atoms with Crippen LogP contribution in [0.5, 0.6) is 11.5 Å². The van der Waals surface area contributed by atoms with E-state index in [-0.39, 0.29) is 12.0 Å². The second-order valence-electron chi connectivity index (χ2n) is 6.12. The number of rotatable bonds is 5. The standard InChI is InChI=1S/C20H22ClNO4/c1-24-17-7-6-14(10-18(17)25-2)11-20(23)22-8-9-26-19(13-22)15-4-3-5-16(21)12-15/h3-7,10,12,19H,8-9,11,13H2,1-2H3. The Labute approximate surface area is 158 Å². The number of methoxy groups -OCH3 is 2. The molecule has 0 saturated carbocycles. The van der Waals surface area contributed by atoms with Gasteiger partial charge in [-0.05, 0) is 35.4 Å². The minimum atomic E-state index is -0.156. The third-order valence-corrected chi connectivity index (χ3v) is 4.68. The average Bonchev–Trinajstić information content (AvgIpc) is 2.68. The fourth-order valence-corrected chi connectivity index (χ4v) is 3.26. The van der Waals surface area contributed by atoms with E-state index in [2.05, 4.69) is 0 Å². The van der Waals surface area contributed by atoms with Gasteiger partial charge in [0.15, 0.2) is 11.5 Å². The van der Waals surface area contributed by atoms with Gasteiger partial charge >= 0.3 is 0 Å². The highest BCUT2D eigenvalue weighted by molar-refractivity contribution is 6.30. The fourth-order valence-electron chi connectivity index (χ4n) is 3.06. The molecule has 1 atom stereocenters. The van der Waals surface area contributed by atoms with Crippen LogP contribution in [0.15, 0.2) is 42.5 Å². The molecule has 1 fully saturated rings. The number of amides is 1. The molecule has 2 aromatic rings. The molecule has 0 aromatic heterocycles. The lowest BCUT2D eigenvalue weighted by molar-refractivity contribution is -0.138. The topological polar surface area (TPSA) is 48.0 Å². The van der Waals surface area contributed by atoms with Crippen LogP contribution in [-0.4, -0.2) is 44.7 Å². The van der Waals surface area contributed by atoms with Crippen molar-refractivity contribution in [2.45, 2.75) is 12.5 Å². The maximum absolute atomic E-state index is 12.7. The van der Waals surface area contributed by atoms with Crippen LogP contribution in [0.3, 0.4) is 0 Å². The largest absolute Gasteiger partial charge is 0.493 e. The highest BCUT2D eigenvalue weighted by atomic mass is 35.5. The summed E-state index contributed by atoms with van der Waals surface area (Å²) in [6, 6.07) is 13.1. The molecule has 0 N–H and O–H groups in total. The molecule has 1 saturated heterocycles. The Balaban J connectivity index is 1.68. The zero-order chi connectivity index (χ0) is 18.5. The Bertz CT molecular complexity index is 780. The summed E-state index contributed by atoms with van der Waals surface area (Å²) in [5, 5.41) is 0.667. The molecule has 26 heavy (non-hydrogen) atoms. The van der Waals surface area contributed by atoms with Crippen LogP contribution < -0.4 is 9.47 Å². The molecule has 0 spiro atoms. The molecule has 0 aliphatic carbocycles. The second-order valence-corrected chi connectivity index (χ2v) is 6.56. The SMILES string of the molecule is COc1ccc(CC(=O)N2CCOC(c3cccc(Cl)c3)C2)cc1OC. The molecule has 5 nitrogen and oxygen atoms in total. The molecule has 1 aliphatic rings. The summed E-state index contributed by atoms with van der Waals surface area (Å²) in [6.07, 6.45) is 0.152. The minimum absolute atomic E-state index is 0.0625. The van der Waals surface area contributed by atoms with E-state index in [4.69, 9.17) is 25.8 Å². The number of ether oxygens (including phenoxy) is 3. The summed E-state index contributed by atoms with van der Waals surface area (Å²) in [7, 11) is 3.17. The van der Waals surface area contributed by atoms with E-state index in [9.17, 15) is 4.79 Å². The van der Waals surface area contributed by atoms with Crippen LogP contribution in [0, 0.1) is 0 Å². The average molecular weight is 376 g/mol. The first-order chi connectivity index (χ1) is 12.6. The normalized spacial score (nSPS) is 17.0. The lowest BCUT2D eigenvalue weighted by Gasteiger charge is -2.33. The smallest absolute Gasteiger partial charge is 0.227 e. The highest BCUT2D eigenvalue weighted by Crippen LogP contribution is 2.29. The molecular formula is C20H22ClNO4. The second kappa shape index (κ2) is 8.43. The molecule has 1 aliphatic heterocycles. The molecule has 0 radical (unpaired) electrons. The number of carbonyl (C=O) groups excluding carboxylic acids is 1. The summed E-state index contributed by atoms with van der Waals surface area (Å²) in [4.78, 5) is 14.6. The Morgan fingerprint density at radius 1 is 1.19 bits per heavy atom. The number of hydrogen-bond acceptors (Lipinski definition) is 4. The van der Waals surface area contributed by atoms with Crippen LogP contribution in [0.1, 0.15) is 17.2 Å². The monoisotopic (exact) mass is 375 g/mol. The van der Waals surface area contributed by atoms with E-state index >= 15 is 0 Å². The summed E-state index contributed by atoms with van der Waals surface area (Å²) < 4.78 is 16.4. The van der Waals surface area contributed by atoms with Gasteiger partial charge in [0.2, 0.25) is 5.91 Å². The molecular weight excluding hydrogens is 354 g/mol. The molecule has 138 valence electrons. The van der Waals surface area contributed by atoms with Crippen LogP contribution in [-0.2, 0) is 16.0 Å². The van der Waals surface area contributed by atoms with Gasteiger partial charge in [0, 0.05) is 11.6 Å². The number of nitrogens with zero attached hydrogens (tertiary/aromatic N) is 1. The number of benzene rings is 2. The highest BCUT2D eigenvalue weighted by Gasteiger charge is 2.25. The van der Waals surface area contributed by atoms with Crippen molar-refractivity contribution in [3.05, 3.63) is 58.6 Å². The number of hydrogen-bond donors (Lipinski definition) is 0. The van der Waals surface area contributed by atoms with Crippen molar-refractivity contribution in [3.63, 3.8) is 0 Å². The predicted molar refractivity (Wildman–Crippen MR) is 100.0 cm³/mol. The Kier molecular flexibility index (Phi) is 6.01. The van der Waals surface area contributed by atoms with E-state index in [0.717, 1.165) is 11.1 Å². The lowest BCUT2D eigenvalue weighted by Crippen LogP contribution is -2.43. The lowest BCUT2D eigenvalue weighted by atomic mass is 10.1. The van der Waals surface area contributed by atoms with E-state index in [0.29, 0.717) is 42.6 Å². The van der Waals surface area contributed by atoms with Crippen molar-refractivity contribution in [3.8, 4) is 11.5 Å².